The maximum Gasteiger partial charge on any atom is 0.126 e. The fraction of sp³-hybridized carbons (Fsp3) is 0.0741. The van der Waals surface area contributed by atoms with Gasteiger partial charge in [0.25, 0.3) is 0 Å². The molecular formula is C54H45N3. The van der Waals surface area contributed by atoms with E-state index < -0.39 is 5.41 Å². The van der Waals surface area contributed by atoms with E-state index in [1.165, 1.54) is 38.6 Å². The number of rotatable bonds is 12. The first-order chi connectivity index (χ1) is 28.0. The Balaban J connectivity index is 1.10. The summed E-state index contributed by atoms with van der Waals surface area (Å²) in [5, 5.41) is 2.40. The van der Waals surface area contributed by atoms with Crippen molar-refractivity contribution in [1.82, 2.24) is 0 Å². The molecule has 57 heavy (non-hydrogen) atoms. The minimum absolute atomic E-state index is 0.124. The van der Waals surface area contributed by atoms with Crippen molar-refractivity contribution in [2.24, 2.45) is 15.7 Å². The quantitative estimate of drug-likeness (QED) is 0.0986. The van der Waals surface area contributed by atoms with Gasteiger partial charge in [-0.3, -0.25) is 9.98 Å². The highest BCUT2D eigenvalue weighted by Crippen LogP contribution is 2.39. The Morgan fingerprint density at radius 1 is 0.544 bits per heavy atom. The second-order valence-electron chi connectivity index (χ2n) is 14.6. The molecule has 0 radical (unpaired) electrons. The number of allylic oxidation sites excluding steroid dienone is 1. The van der Waals surface area contributed by atoms with Crippen LogP contribution < -0.4 is 5.73 Å². The molecule has 8 aromatic rings. The summed E-state index contributed by atoms with van der Waals surface area (Å²) in [5.74, 6) is 0.543. The first-order valence-corrected chi connectivity index (χ1v) is 19.5. The summed E-state index contributed by atoms with van der Waals surface area (Å²) in [4.78, 5) is 9.61. The van der Waals surface area contributed by atoms with Crippen LogP contribution in [-0.2, 0) is 11.8 Å². The van der Waals surface area contributed by atoms with Gasteiger partial charge in [0.2, 0.25) is 0 Å². The predicted octanol–water partition coefficient (Wildman–Crippen LogP) is 12.9. The van der Waals surface area contributed by atoms with E-state index in [4.69, 9.17) is 10.7 Å². The van der Waals surface area contributed by atoms with Gasteiger partial charge in [0.1, 0.15) is 5.84 Å². The highest BCUT2D eigenvalue weighted by molar-refractivity contribution is 6.05. The Kier molecular flexibility index (Phi) is 10.8. The SMILES string of the molecule is C=N/C(=C\C(C)(c1ccccc1)c1ccccc1)c1ccc(-c2ccc(-c3ccc(C(Cc4ccccc4)N=C(N)c4ccccc4)cc3)c3ccccc23)cc1. The molecule has 0 heterocycles. The van der Waals surface area contributed by atoms with Crippen LogP contribution in [0.25, 0.3) is 38.7 Å². The summed E-state index contributed by atoms with van der Waals surface area (Å²) in [7, 11) is 0. The Morgan fingerprint density at radius 2 is 1.00 bits per heavy atom. The van der Waals surface area contributed by atoms with Gasteiger partial charge in [-0.2, -0.15) is 0 Å². The van der Waals surface area contributed by atoms with Gasteiger partial charge in [-0.15, -0.1) is 0 Å². The normalized spacial score (nSPS) is 12.6. The highest BCUT2D eigenvalue weighted by Gasteiger charge is 2.27. The van der Waals surface area contributed by atoms with E-state index in [2.05, 4.69) is 195 Å². The van der Waals surface area contributed by atoms with Gasteiger partial charge >= 0.3 is 0 Å². The van der Waals surface area contributed by atoms with E-state index in [1.54, 1.807) is 0 Å². The molecule has 2 N–H and O–H groups in total. The zero-order valence-electron chi connectivity index (χ0n) is 32.2. The van der Waals surface area contributed by atoms with Crippen molar-refractivity contribution < 1.29 is 0 Å². The van der Waals surface area contributed by atoms with Gasteiger partial charge < -0.3 is 5.73 Å². The lowest BCUT2D eigenvalue weighted by atomic mass is 9.75. The van der Waals surface area contributed by atoms with Gasteiger partial charge in [0, 0.05) is 11.0 Å². The third kappa shape index (κ3) is 8.01. The smallest absolute Gasteiger partial charge is 0.126 e. The molecule has 1 atom stereocenters. The number of fused-ring (bicyclic) bond motifs is 1. The van der Waals surface area contributed by atoms with Crippen LogP contribution in [0.1, 0.15) is 46.3 Å². The lowest BCUT2D eigenvalue weighted by Gasteiger charge is -2.28. The zero-order valence-corrected chi connectivity index (χ0v) is 32.2. The summed E-state index contributed by atoms with van der Waals surface area (Å²) < 4.78 is 0. The molecule has 0 aromatic heterocycles. The van der Waals surface area contributed by atoms with Crippen molar-refractivity contribution in [2.75, 3.05) is 0 Å². The Hall–Kier alpha value is -7.10. The summed E-state index contributed by atoms with van der Waals surface area (Å²) in [6.07, 6.45) is 2.99. The molecule has 0 aliphatic heterocycles. The molecule has 8 aromatic carbocycles. The molecule has 1 unspecified atom stereocenters. The Morgan fingerprint density at radius 3 is 1.51 bits per heavy atom. The third-order valence-corrected chi connectivity index (χ3v) is 11.0. The molecule has 8 rings (SSSR count). The first kappa shape index (κ1) is 36.9. The summed E-state index contributed by atoms with van der Waals surface area (Å²) >= 11 is 0. The van der Waals surface area contributed by atoms with Crippen LogP contribution in [0.5, 0.6) is 0 Å². The van der Waals surface area contributed by atoms with Gasteiger partial charge in [-0.05, 0) is 87.0 Å². The monoisotopic (exact) mass is 735 g/mol. The number of amidine groups is 1. The zero-order chi connectivity index (χ0) is 39.0. The number of aliphatic imine (C=N–C) groups is 2. The van der Waals surface area contributed by atoms with Gasteiger partial charge in [0.05, 0.1) is 11.7 Å². The molecule has 0 aliphatic rings. The minimum atomic E-state index is -0.395. The van der Waals surface area contributed by atoms with Gasteiger partial charge in [0.15, 0.2) is 0 Å². The minimum Gasteiger partial charge on any atom is -0.383 e. The predicted molar refractivity (Wildman–Crippen MR) is 242 cm³/mol. The summed E-state index contributed by atoms with van der Waals surface area (Å²) in [6.45, 7) is 6.24. The third-order valence-electron chi connectivity index (χ3n) is 11.0. The van der Waals surface area contributed by atoms with E-state index >= 15 is 0 Å². The fourth-order valence-corrected chi connectivity index (χ4v) is 7.83. The van der Waals surface area contributed by atoms with Gasteiger partial charge in [-0.1, -0.05) is 206 Å². The van der Waals surface area contributed by atoms with Crippen molar-refractivity contribution >= 4 is 29.0 Å². The molecule has 276 valence electrons. The van der Waals surface area contributed by atoms with Crippen LogP contribution in [0.4, 0.5) is 0 Å². The first-order valence-electron chi connectivity index (χ1n) is 19.5. The molecule has 0 amide bonds. The van der Waals surface area contributed by atoms with E-state index in [-0.39, 0.29) is 6.04 Å². The standard InChI is InChI=1S/C54H45N3/c1-54(45-21-11-5-12-22-45,46-23-13-6-14-24-46)38-52(56-2)43-33-29-41(30-34-43)48-36-35-47(49-25-15-16-26-50(48)49)40-27-31-42(32-28-40)51(37-39-17-7-3-8-18-39)57-53(55)44-19-9-4-10-20-44/h3-36,38,51H,2,37H2,1H3,(H2,55,57)/b52-38-. The molecule has 3 heteroatoms. The van der Waals surface area contributed by atoms with Crippen LogP contribution in [0.15, 0.2) is 222 Å². The fourth-order valence-electron chi connectivity index (χ4n) is 7.83. The number of hydrogen-bond acceptors (Lipinski definition) is 2. The Labute approximate surface area is 336 Å². The number of benzene rings is 8. The second kappa shape index (κ2) is 16.7. The number of nitrogens with two attached hydrogens (primary N) is 1. The summed E-state index contributed by atoms with van der Waals surface area (Å²) in [5.41, 5.74) is 18.4. The van der Waals surface area contributed by atoms with E-state index in [0.29, 0.717) is 5.84 Å². The second-order valence-corrected chi connectivity index (χ2v) is 14.6. The molecule has 0 spiro atoms. The molecular weight excluding hydrogens is 691 g/mol. The molecule has 0 aliphatic carbocycles. The van der Waals surface area contributed by atoms with E-state index in [9.17, 15) is 0 Å². The van der Waals surface area contributed by atoms with Crippen LogP contribution in [-0.4, -0.2) is 12.6 Å². The summed E-state index contributed by atoms with van der Waals surface area (Å²) in [6, 6.07) is 72.2. The molecule has 0 fully saturated rings. The van der Waals surface area contributed by atoms with Crippen molar-refractivity contribution in [1.29, 1.82) is 0 Å². The molecule has 0 saturated carbocycles. The van der Waals surface area contributed by atoms with E-state index in [1.807, 2.05) is 36.4 Å². The maximum absolute atomic E-state index is 6.57. The highest BCUT2D eigenvalue weighted by atomic mass is 14.9. The average Bonchev–Trinajstić information content (AvgIpc) is 3.29. The topological polar surface area (TPSA) is 50.7 Å². The van der Waals surface area contributed by atoms with Gasteiger partial charge in [-0.25, -0.2) is 0 Å². The Bertz CT molecular complexity index is 2610. The van der Waals surface area contributed by atoms with Crippen molar-refractivity contribution in [2.45, 2.75) is 24.8 Å². The average molecular weight is 736 g/mol. The molecule has 0 saturated heterocycles. The lowest BCUT2D eigenvalue weighted by Crippen LogP contribution is -2.21. The van der Waals surface area contributed by atoms with Crippen molar-refractivity contribution in [3.8, 4) is 22.3 Å². The number of hydrogen-bond donors (Lipinski definition) is 1. The lowest BCUT2D eigenvalue weighted by molar-refractivity contribution is 0.724. The van der Waals surface area contributed by atoms with Crippen LogP contribution in [0.3, 0.4) is 0 Å². The number of nitrogens with zero attached hydrogens (tertiary/aromatic N) is 2. The largest absolute Gasteiger partial charge is 0.383 e. The van der Waals surface area contributed by atoms with Crippen molar-refractivity contribution in [3.63, 3.8) is 0 Å². The van der Waals surface area contributed by atoms with E-state index in [0.717, 1.165) is 39.9 Å². The molecule has 3 nitrogen and oxygen atoms in total. The maximum atomic E-state index is 6.57. The van der Waals surface area contributed by atoms with Crippen LogP contribution in [0.2, 0.25) is 0 Å². The van der Waals surface area contributed by atoms with Crippen molar-refractivity contribution in [3.05, 3.63) is 246 Å². The van der Waals surface area contributed by atoms with Crippen LogP contribution in [0, 0.1) is 0 Å². The van der Waals surface area contributed by atoms with Crippen LogP contribution >= 0.6 is 0 Å². The molecule has 0 bridgehead atoms.